The van der Waals surface area contributed by atoms with E-state index in [1.165, 1.54) is 5.69 Å². The molecule has 0 spiro atoms. The van der Waals surface area contributed by atoms with Crippen molar-refractivity contribution in [3.8, 4) is 0 Å². The van der Waals surface area contributed by atoms with Crippen molar-refractivity contribution in [1.29, 1.82) is 0 Å². The highest BCUT2D eigenvalue weighted by Gasteiger charge is 2.04. The van der Waals surface area contributed by atoms with Crippen LogP contribution in [0.25, 0.3) is 0 Å². The first-order valence-electron chi connectivity index (χ1n) is 9.93. The van der Waals surface area contributed by atoms with Crippen molar-refractivity contribution in [3.63, 3.8) is 0 Å². The van der Waals surface area contributed by atoms with Gasteiger partial charge in [-0.25, -0.2) is 4.99 Å². The lowest BCUT2D eigenvalue weighted by Gasteiger charge is -2.12. The number of halogens is 1. The van der Waals surface area contributed by atoms with E-state index in [0.29, 0.717) is 18.7 Å². The number of nitrogens with zero attached hydrogens (tertiary/aromatic N) is 3. The number of carbonyl (C=O) groups excluding carboxylic acids is 1. The Hall–Kier alpha value is -2.10. The summed E-state index contributed by atoms with van der Waals surface area (Å²) in [6.07, 6.45) is 0.966. The first-order valence-corrected chi connectivity index (χ1v) is 9.93. The Kier molecular flexibility index (Phi) is 11.3. The molecule has 0 bridgehead atoms. The van der Waals surface area contributed by atoms with Gasteiger partial charge in [-0.1, -0.05) is 12.1 Å². The van der Waals surface area contributed by atoms with E-state index in [2.05, 4.69) is 39.0 Å². The SMILES string of the molecule is CCNC(=O)c1ccc(CN=C(NCC)NCCCn2nc(C)cc2C)cc1.I. The minimum absolute atomic E-state index is 0. The molecule has 7 nitrogen and oxygen atoms in total. The average molecular weight is 512 g/mol. The zero-order valence-corrected chi connectivity index (χ0v) is 20.1. The van der Waals surface area contributed by atoms with Gasteiger partial charge in [-0.05, 0) is 57.9 Å². The van der Waals surface area contributed by atoms with Crippen LogP contribution in [0.5, 0.6) is 0 Å². The Bertz CT molecular complexity index is 785. The Labute approximate surface area is 190 Å². The third-order valence-corrected chi connectivity index (χ3v) is 4.26. The van der Waals surface area contributed by atoms with Crippen molar-refractivity contribution >= 4 is 35.8 Å². The summed E-state index contributed by atoms with van der Waals surface area (Å²) < 4.78 is 2.04. The summed E-state index contributed by atoms with van der Waals surface area (Å²) in [6.45, 7) is 11.7. The van der Waals surface area contributed by atoms with Gasteiger partial charge in [-0.3, -0.25) is 9.48 Å². The van der Waals surface area contributed by atoms with E-state index in [9.17, 15) is 4.79 Å². The Morgan fingerprint density at radius 1 is 1.07 bits per heavy atom. The van der Waals surface area contributed by atoms with E-state index >= 15 is 0 Å². The highest BCUT2D eigenvalue weighted by molar-refractivity contribution is 14.0. The fourth-order valence-corrected chi connectivity index (χ4v) is 2.87. The van der Waals surface area contributed by atoms with Crippen LogP contribution in [-0.2, 0) is 13.1 Å². The second-order valence-electron chi connectivity index (χ2n) is 6.68. The summed E-state index contributed by atoms with van der Waals surface area (Å²) in [6, 6.07) is 9.66. The summed E-state index contributed by atoms with van der Waals surface area (Å²) in [5.41, 5.74) is 3.98. The molecule has 2 rings (SSSR count). The molecule has 3 N–H and O–H groups in total. The van der Waals surface area contributed by atoms with Gasteiger partial charge in [0.15, 0.2) is 5.96 Å². The molecule has 1 aromatic carbocycles. The largest absolute Gasteiger partial charge is 0.357 e. The van der Waals surface area contributed by atoms with Crippen LogP contribution in [0.2, 0.25) is 0 Å². The van der Waals surface area contributed by atoms with Crippen molar-refractivity contribution < 1.29 is 4.79 Å². The van der Waals surface area contributed by atoms with Gasteiger partial charge in [0.25, 0.3) is 5.91 Å². The van der Waals surface area contributed by atoms with Gasteiger partial charge in [-0.2, -0.15) is 5.10 Å². The molecular formula is C21H33IN6O. The van der Waals surface area contributed by atoms with Crippen molar-refractivity contribution in [3.05, 3.63) is 52.8 Å². The van der Waals surface area contributed by atoms with Crippen LogP contribution in [0, 0.1) is 13.8 Å². The summed E-state index contributed by atoms with van der Waals surface area (Å²) in [5, 5.41) is 13.9. The summed E-state index contributed by atoms with van der Waals surface area (Å²) in [7, 11) is 0. The lowest BCUT2D eigenvalue weighted by Crippen LogP contribution is -2.38. The predicted molar refractivity (Wildman–Crippen MR) is 129 cm³/mol. The number of carbonyl (C=O) groups is 1. The molecule has 0 saturated carbocycles. The maximum atomic E-state index is 11.8. The molecule has 0 saturated heterocycles. The topological polar surface area (TPSA) is 83.3 Å². The number of hydrogen-bond acceptors (Lipinski definition) is 3. The number of rotatable bonds is 9. The highest BCUT2D eigenvalue weighted by Crippen LogP contribution is 2.06. The van der Waals surface area contributed by atoms with E-state index in [4.69, 9.17) is 0 Å². The Morgan fingerprint density at radius 3 is 2.34 bits per heavy atom. The van der Waals surface area contributed by atoms with Crippen LogP contribution in [0.1, 0.15) is 47.6 Å². The highest BCUT2D eigenvalue weighted by atomic mass is 127. The van der Waals surface area contributed by atoms with Crippen LogP contribution < -0.4 is 16.0 Å². The molecule has 1 heterocycles. The number of guanidine groups is 1. The minimum atomic E-state index is -0.0461. The molecule has 2 aromatic rings. The third-order valence-electron chi connectivity index (χ3n) is 4.26. The molecule has 29 heavy (non-hydrogen) atoms. The van der Waals surface area contributed by atoms with Crippen molar-refractivity contribution in [2.75, 3.05) is 19.6 Å². The Balaban J connectivity index is 0.00000420. The molecule has 160 valence electrons. The molecule has 0 unspecified atom stereocenters. The smallest absolute Gasteiger partial charge is 0.251 e. The monoisotopic (exact) mass is 512 g/mol. The first-order chi connectivity index (χ1) is 13.5. The van der Waals surface area contributed by atoms with Crippen LogP contribution in [0.4, 0.5) is 0 Å². The number of aromatic nitrogens is 2. The van der Waals surface area contributed by atoms with Crippen molar-refractivity contribution in [1.82, 2.24) is 25.7 Å². The molecule has 0 atom stereocenters. The Morgan fingerprint density at radius 2 is 1.76 bits per heavy atom. The normalized spacial score (nSPS) is 11.0. The summed E-state index contributed by atoms with van der Waals surface area (Å²) >= 11 is 0. The summed E-state index contributed by atoms with van der Waals surface area (Å²) in [5.74, 6) is 0.749. The van der Waals surface area contributed by atoms with E-state index in [-0.39, 0.29) is 29.9 Å². The maximum Gasteiger partial charge on any atom is 0.251 e. The maximum absolute atomic E-state index is 11.8. The van der Waals surface area contributed by atoms with Gasteiger partial charge in [0, 0.05) is 37.4 Å². The average Bonchev–Trinajstić information content (AvgIpc) is 3.00. The van der Waals surface area contributed by atoms with Crippen LogP contribution >= 0.6 is 24.0 Å². The lowest BCUT2D eigenvalue weighted by molar-refractivity contribution is 0.0956. The third kappa shape index (κ3) is 8.43. The van der Waals surface area contributed by atoms with Gasteiger partial charge in [0.05, 0.1) is 12.2 Å². The zero-order valence-electron chi connectivity index (χ0n) is 17.8. The number of aryl methyl sites for hydroxylation is 3. The molecular weight excluding hydrogens is 479 g/mol. The minimum Gasteiger partial charge on any atom is -0.357 e. The fraction of sp³-hybridized carbons (Fsp3) is 0.476. The standard InChI is InChI=1S/C21H32N6O.HI/c1-5-22-20(28)19-10-8-18(9-11-19)15-25-21(23-6-2)24-12-7-13-27-17(4)14-16(3)26-27;/h8-11,14H,5-7,12-13,15H2,1-4H3,(H,22,28)(H2,23,24,25);1H. The molecule has 0 aliphatic carbocycles. The number of benzene rings is 1. The van der Waals surface area contributed by atoms with Gasteiger partial charge in [0.1, 0.15) is 0 Å². The van der Waals surface area contributed by atoms with Crippen molar-refractivity contribution in [2.45, 2.75) is 47.2 Å². The molecule has 0 aliphatic heterocycles. The van der Waals surface area contributed by atoms with E-state index in [1.54, 1.807) is 0 Å². The van der Waals surface area contributed by atoms with E-state index < -0.39 is 0 Å². The van der Waals surface area contributed by atoms with Gasteiger partial charge in [0.2, 0.25) is 0 Å². The second-order valence-corrected chi connectivity index (χ2v) is 6.68. The van der Waals surface area contributed by atoms with Crippen LogP contribution in [0.3, 0.4) is 0 Å². The predicted octanol–water partition coefficient (Wildman–Crippen LogP) is 3.01. The number of nitrogens with one attached hydrogen (secondary N) is 3. The molecule has 1 aromatic heterocycles. The molecule has 1 amide bonds. The van der Waals surface area contributed by atoms with Gasteiger partial charge >= 0.3 is 0 Å². The molecule has 0 radical (unpaired) electrons. The zero-order chi connectivity index (χ0) is 20.4. The lowest BCUT2D eigenvalue weighted by atomic mass is 10.1. The van der Waals surface area contributed by atoms with E-state index in [0.717, 1.165) is 43.3 Å². The molecule has 8 heteroatoms. The first kappa shape index (κ1) is 24.9. The van der Waals surface area contributed by atoms with E-state index in [1.807, 2.05) is 49.7 Å². The van der Waals surface area contributed by atoms with Crippen molar-refractivity contribution in [2.24, 2.45) is 4.99 Å². The van der Waals surface area contributed by atoms with Gasteiger partial charge in [-0.15, -0.1) is 24.0 Å². The molecule has 0 aliphatic rings. The number of hydrogen-bond donors (Lipinski definition) is 3. The number of aliphatic imine (C=N–C) groups is 1. The van der Waals surface area contributed by atoms with Gasteiger partial charge < -0.3 is 16.0 Å². The second kappa shape index (κ2) is 13.2. The summed E-state index contributed by atoms with van der Waals surface area (Å²) in [4.78, 5) is 16.4. The quantitative estimate of drug-likeness (QED) is 0.209. The fourth-order valence-electron chi connectivity index (χ4n) is 2.87. The molecule has 0 fully saturated rings. The number of amides is 1. The van der Waals surface area contributed by atoms with Crippen LogP contribution in [0.15, 0.2) is 35.3 Å². The van der Waals surface area contributed by atoms with Crippen LogP contribution in [-0.4, -0.2) is 41.3 Å².